The monoisotopic (exact) mass is 499 g/mol. The molecule has 0 atom stereocenters. The van der Waals surface area contributed by atoms with Crippen LogP contribution in [0.25, 0.3) is 0 Å². The van der Waals surface area contributed by atoms with Gasteiger partial charge in [0.1, 0.15) is 11.6 Å². The van der Waals surface area contributed by atoms with Crippen molar-refractivity contribution in [2.24, 2.45) is 5.92 Å². The largest absolute Gasteiger partial charge is 0.300 e. The van der Waals surface area contributed by atoms with Gasteiger partial charge in [-0.15, -0.1) is 5.10 Å². The number of benzene rings is 2. The molecule has 186 valence electrons. The Balaban J connectivity index is 1.48. The van der Waals surface area contributed by atoms with E-state index in [1.165, 1.54) is 12.1 Å². The Morgan fingerprint density at radius 1 is 1.00 bits per heavy atom. The fraction of sp³-hybridized carbons (Fsp3) is 0.385. The molecule has 0 aliphatic rings. The zero-order valence-corrected chi connectivity index (χ0v) is 20.8. The average Bonchev–Trinajstić information content (AvgIpc) is 3.25. The summed E-state index contributed by atoms with van der Waals surface area (Å²) in [6.45, 7) is 4.66. The van der Waals surface area contributed by atoms with Gasteiger partial charge in [-0.3, -0.25) is 14.3 Å². The standard InChI is InChI=1S/C26H30FN3O4S/c1-19(2)16-24(31)4-3-15-30-17-23(28-29-30)11-14-26(32)21-7-5-20(6-8-21)18-35(33,34)25-12-9-22(27)10-13-25/h5-10,12-13,17,19H,3-4,11,14-16,18H2,1-2H3. The molecular weight excluding hydrogens is 469 g/mol. The van der Waals surface area contributed by atoms with Crippen LogP contribution >= 0.6 is 0 Å². The highest BCUT2D eigenvalue weighted by Crippen LogP contribution is 2.18. The topological polar surface area (TPSA) is 99.0 Å². The second-order valence-electron chi connectivity index (χ2n) is 9.05. The zero-order valence-electron chi connectivity index (χ0n) is 20.0. The van der Waals surface area contributed by atoms with E-state index in [0.29, 0.717) is 55.0 Å². The smallest absolute Gasteiger partial charge is 0.182 e. The highest BCUT2D eigenvalue weighted by atomic mass is 32.2. The molecule has 0 radical (unpaired) electrons. The minimum Gasteiger partial charge on any atom is -0.300 e. The van der Waals surface area contributed by atoms with Crippen LogP contribution in [-0.4, -0.2) is 35.0 Å². The van der Waals surface area contributed by atoms with Gasteiger partial charge in [0.15, 0.2) is 15.6 Å². The molecule has 0 aliphatic heterocycles. The molecule has 2 aromatic carbocycles. The zero-order chi connectivity index (χ0) is 25.4. The van der Waals surface area contributed by atoms with Gasteiger partial charge in [-0.05, 0) is 42.2 Å². The van der Waals surface area contributed by atoms with Crippen molar-refractivity contribution in [3.8, 4) is 0 Å². The van der Waals surface area contributed by atoms with Crippen LogP contribution in [0.15, 0.2) is 59.6 Å². The Morgan fingerprint density at radius 3 is 2.34 bits per heavy atom. The van der Waals surface area contributed by atoms with Crippen LogP contribution < -0.4 is 0 Å². The summed E-state index contributed by atoms with van der Waals surface area (Å²) in [5.41, 5.74) is 1.73. The third-order valence-electron chi connectivity index (χ3n) is 5.48. The van der Waals surface area contributed by atoms with E-state index in [1.807, 2.05) is 13.8 Å². The minimum atomic E-state index is -3.61. The van der Waals surface area contributed by atoms with Crippen molar-refractivity contribution < 1.29 is 22.4 Å². The summed E-state index contributed by atoms with van der Waals surface area (Å²) in [5.74, 6) is -0.192. The average molecular weight is 500 g/mol. The van der Waals surface area contributed by atoms with Gasteiger partial charge in [0.25, 0.3) is 0 Å². The molecule has 3 aromatic rings. The van der Waals surface area contributed by atoms with Crippen LogP contribution in [0.3, 0.4) is 0 Å². The fourth-order valence-corrected chi connectivity index (χ4v) is 5.02. The van der Waals surface area contributed by atoms with Crippen molar-refractivity contribution in [2.45, 2.75) is 63.1 Å². The molecule has 7 nitrogen and oxygen atoms in total. The molecular formula is C26H30FN3O4S. The second kappa shape index (κ2) is 12.0. The summed E-state index contributed by atoms with van der Waals surface area (Å²) < 4.78 is 39.8. The molecule has 0 N–H and O–H groups in total. The first-order valence-corrected chi connectivity index (χ1v) is 13.3. The highest BCUT2D eigenvalue weighted by Gasteiger charge is 2.16. The lowest BCUT2D eigenvalue weighted by atomic mass is 10.0. The van der Waals surface area contributed by atoms with Crippen molar-refractivity contribution in [3.05, 3.63) is 77.4 Å². The van der Waals surface area contributed by atoms with Gasteiger partial charge in [0.2, 0.25) is 0 Å². The molecule has 0 saturated carbocycles. The second-order valence-corrected chi connectivity index (χ2v) is 11.0. The Morgan fingerprint density at radius 2 is 1.69 bits per heavy atom. The van der Waals surface area contributed by atoms with E-state index in [1.54, 1.807) is 35.1 Å². The molecule has 0 spiro atoms. The highest BCUT2D eigenvalue weighted by molar-refractivity contribution is 7.90. The number of aryl methyl sites for hydroxylation is 2. The first-order valence-electron chi connectivity index (χ1n) is 11.6. The molecule has 0 unspecified atom stereocenters. The number of carbonyl (C=O) groups excluding carboxylic acids is 2. The lowest BCUT2D eigenvalue weighted by molar-refractivity contribution is -0.119. The van der Waals surface area contributed by atoms with Crippen LogP contribution in [-0.2, 0) is 33.4 Å². The molecule has 1 aromatic heterocycles. The molecule has 0 saturated heterocycles. The molecule has 35 heavy (non-hydrogen) atoms. The molecule has 3 rings (SSSR count). The lowest BCUT2D eigenvalue weighted by Crippen LogP contribution is -2.06. The van der Waals surface area contributed by atoms with Crippen LogP contribution in [0.4, 0.5) is 4.39 Å². The van der Waals surface area contributed by atoms with Gasteiger partial charge in [0.05, 0.1) is 16.3 Å². The van der Waals surface area contributed by atoms with Crippen molar-refractivity contribution in [2.75, 3.05) is 0 Å². The number of aromatic nitrogens is 3. The number of carbonyl (C=O) groups is 2. The first kappa shape index (κ1) is 26.4. The molecule has 0 amide bonds. The van der Waals surface area contributed by atoms with Gasteiger partial charge in [0, 0.05) is 44.0 Å². The minimum absolute atomic E-state index is 0.0502. The van der Waals surface area contributed by atoms with Crippen LogP contribution in [0.5, 0.6) is 0 Å². The van der Waals surface area contributed by atoms with E-state index in [9.17, 15) is 22.4 Å². The predicted octanol–water partition coefficient (Wildman–Crippen LogP) is 4.60. The Labute approximate surface area is 205 Å². The van der Waals surface area contributed by atoms with Gasteiger partial charge in [-0.25, -0.2) is 12.8 Å². The van der Waals surface area contributed by atoms with Crippen LogP contribution in [0.2, 0.25) is 0 Å². The van der Waals surface area contributed by atoms with Crippen LogP contribution in [0, 0.1) is 11.7 Å². The SMILES string of the molecule is CC(C)CC(=O)CCCn1cc(CCC(=O)c2ccc(CS(=O)(=O)c3ccc(F)cc3)cc2)nn1. The third kappa shape index (κ3) is 8.20. The van der Waals surface area contributed by atoms with Gasteiger partial charge >= 0.3 is 0 Å². The van der Waals surface area contributed by atoms with E-state index in [-0.39, 0.29) is 28.6 Å². The molecule has 9 heteroatoms. The number of Topliss-reactive ketones (excluding diaryl/α,β-unsaturated/α-hetero) is 2. The van der Waals surface area contributed by atoms with Crippen molar-refractivity contribution in [1.82, 2.24) is 15.0 Å². The number of halogens is 1. The van der Waals surface area contributed by atoms with Crippen molar-refractivity contribution >= 4 is 21.4 Å². The van der Waals surface area contributed by atoms with E-state index in [2.05, 4.69) is 10.3 Å². The summed E-state index contributed by atoms with van der Waals surface area (Å²) >= 11 is 0. The summed E-state index contributed by atoms with van der Waals surface area (Å²) in [6.07, 6.45) is 4.30. The van der Waals surface area contributed by atoms with Gasteiger partial charge in [-0.1, -0.05) is 43.3 Å². The van der Waals surface area contributed by atoms with Gasteiger partial charge < -0.3 is 0 Å². The molecule has 1 heterocycles. The van der Waals surface area contributed by atoms with E-state index in [0.717, 1.165) is 12.1 Å². The molecule has 0 aliphatic carbocycles. The number of hydrogen-bond donors (Lipinski definition) is 0. The fourth-order valence-electron chi connectivity index (χ4n) is 3.68. The number of nitrogens with zero attached hydrogens (tertiary/aromatic N) is 3. The Hall–Kier alpha value is -3.20. The predicted molar refractivity (Wildman–Crippen MR) is 130 cm³/mol. The maximum absolute atomic E-state index is 13.1. The lowest BCUT2D eigenvalue weighted by Gasteiger charge is -2.06. The Bertz CT molecular complexity index is 1250. The summed E-state index contributed by atoms with van der Waals surface area (Å²) in [6, 6.07) is 11.2. The number of sulfone groups is 1. The van der Waals surface area contributed by atoms with E-state index >= 15 is 0 Å². The molecule has 0 fully saturated rings. The van der Waals surface area contributed by atoms with Crippen molar-refractivity contribution in [3.63, 3.8) is 0 Å². The maximum Gasteiger partial charge on any atom is 0.182 e. The molecule has 0 bridgehead atoms. The quantitative estimate of drug-likeness (QED) is 0.252. The summed E-state index contributed by atoms with van der Waals surface area (Å²) in [4.78, 5) is 24.4. The third-order valence-corrected chi connectivity index (χ3v) is 7.18. The summed E-state index contributed by atoms with van der Waals surface area (Å²) in [5, 5.41) is 8.17. The van der Waals surface area contributed by atoms with E-state index in [4.69, 9.17) is 0 Å². The number of rotatable bonds is 13. The number of ketones is 2. The van der Waals surface area contributed by atoms with Gasteiger partial charge in [-0.2, -0.15) is 0 Å². The Kier molecular flexibility index (Phi) is 9.03. The van der Waals surface area contributed by atoms with Crippen molar-refractivity contribution in [1.29, 1.82) is 0 Å². The normalized spacial score (nSPS) is 11.7. The first-order chi connectivity index (χ1) is 16.6. The summed E-state index contributed by atoms with van der Waals surface area (Å²) in [7, 11) is -3.61. The van der Waals surface area contributed by atoms with E-state index < -0.39 is 15.7 Å². The van der Waals surface area contributed by atoms with Crippen LogP contribution in [0.1, 0.15) is 61.1 Å². The number of hydrogen-bond acceptors (Lipinski definition) is 6. The maximum atomic E-state index is 13.1.